The van der Waals surface area contributed by atoms with Crippen molar-refractivity contribution in [2.24, 2.45) is 5.92 Å². The van der Waals surface area contributed by atoms with Gasteiger partial charge in [-0.05, 0) is 32.0 Å². The van der Waals surface area contributed by atoms with Crippen molar-refractivity contribution >= 4 is 17.3 Å². The minimum absolute atomic E-state index is 0.0165. The minimum atomic E-state index is -0.422. The van der Waals surface area contributed by atoms with E-state index in [1.165, 1.54) is 6.07 Å². The highest BCUT2D eigenvalue weighted by atomic mass is 16.6. The number of likely N-dealkylation sites (N-methyl/N-ethyl adjacent to an activating group) is 2. The van der Waals surface area contributed by atoms with Crippen molar-refractivity contribution in [3.05, 3.63) is 34.4 Å². The van der Waals surface area contributed by atoms with Gasteiger partial charge in [0.15, 0.2) is 0 Å². The van der Waals surface area contributed by atoms with E-state index >= 15 is 0 Å². The molecule has 0 spiro atoms. The molecule has 126 valence electrons. The van der Waals surface area contributed by atoms with Gasteiger partial charge in [0.2, 0.25) is 5.91 Å². The fourth-order valence-corrected chi connectivity index (χ4v) is 3.01. The molecule has 2 rings (SSSR count). The van der Waals surface area contributed by atoms with Gasteiger partial charge < -0.3 is 14.7 Å². The molecule has 1 saturated heterocycles. The summed E-state index contributed by atoms with van der Waals surface area (Å²) in [6, 6.07) is 6.48. The van der Waals surface area contributed by atoms with Crippen LogP contribution >= 0.6 is 0 Å². The largest absolute Gasteiger partial charge is 0.360 e. The highest BCUT2D eigenvalue weighted by Gasteiger charge is 2.24. The number of hydrogen-bond acceptors (Lipinski definition) is 5. The molecule has 7 heteroatoms. The van der Waals surface area contributed by atoms with Crippen LogP contribution in [0.15, 0.2) is 24.3 Å². The molecule has 1 atom stereocenters. The van der Waals surface area contributed by atoms with Gasteiger partial charge >= 0.3 is 0 Å². The van der Waals surface area contributed by atoms with E-state index in [-0.39, 0.29) is 18.1 Å². The van der Waals surface area contributed by atoms with Crippen molar-refractivity contribution in [1.82, 2.24) is 9.80 Å². The van der Waals surface area contributed by atoms with Gasteiger partial charge in [0.1, 0.15) is 5.69 Å². The highest BCUT2D eigenvalue weighted by molar-refractivity contribution is 5.82. The molecule has 0 aromatic heterocycles. The lowest BCUT2D eigenvalue weighted by molar-refractivity contribution is -0.384. The number of rotatable bonds is 6. The smallest absolute Gasteiger partial charge is 0.292 e. The minimum Gasteiger partial charge on any atom is -0.360 e. The number of likely N-dealkylation sites (tertiary alicyclic amines) is 1. The Bertz CT molecular complexity index is 578. The normalized spacial score (nSPS) is 18.0. The zero-order valence-electron chi connectivity index (χ0n) is 13.9. The van der Waals surface area contributed by atoms with Crippen LogP contribution < -0.4 is 4.90 Å². The number of nitrogens with zero attached hydrogens (tertiary/aromatic N) is 4. The predicted molar refractivity (Wildman–Crippen MR) is 89.6 cm³/mol. The van der Waals surface area contributed by atoms with Crippen molar-refractivity contribution < 1.29 is 9.72 Å². The van der Waals surface area contributed by atoms with Crippen molar-refractivity contribution in [1.29, 1.82) is 0 Å². The predicted octanol–water partition coefficient (Wildman–Crippen LogP) is 1.44. The molecule has 1 aromatic carbocycles. The number of hydrogen-bond donors (Lipinski definition) is 0. The van der Waals surface area contributed by atoms with E-state index in [0.717, 1.165) is 26.1 Å². The zero-order valence-corrected chi connectivity index (χ0v) is 13.9. The summed E-state index contributed by atoms with van der Waals surface area (Å²) < 4.78 is 0. The summed E-state index contributed by atoms with van der Waals surface area (Å²) in [5.41, 5.74) is 0.475. The summed E-state index contributed by atoms with van der Waals surface area (Å²) in [5.74, 6) is 0.477. The maximum Gasteiger partial charge on any atom is 0.292 e. The van der Waals surface area contributed by atoms with E-state index in [1.807, 2.05) is 0 Å². The van der Waals surface area contributed by atoms with Crippen LogP contribution in [0.3, 0.4) is 0 Å². The Morgan fingerprint density at radius 3 is 2.70 bits per heavy atom. The van der Waals surface area contributed by atoms with E-state index in [4.69, 9.17) is 0 Å². The molecule has 1 aromatic rings. The van der Waals surface area contributed by atoms with Crippen molar-refractivity contribution in [2.75, 3.05) is 52.2 Å². The third-order valence-electron chi connectivity index (χ3n) is 4.31. The molecule has 7 nitrogen and oxygen atoms in total. The molecule has 0 aliphatic carbocycles. The molecule has 1 aliphatic heterocycles. The number of carbonyl (C=O) groups excluding carboxylic acids is 1. The van der Waals surface area contributed by atoms with Crippen LogP contribution in [0.1, 0.15) is 6.42 Å². The standard InChI is InChI=1S/C16H24N4O3/c1-17-9-8-13(10-17)11-19(3)16(21)12-18(2)14-6-4-5-7-15(14)20(22)23/h4-7,13H,8-12H2,1-3H3/t13-/m0/s1. The maximum absolute atomic E-state index is 12.4. The lowest BCUT2D eigenvalue weighted by Crippen LogP contribution is -2.39. The van der Waals surface area contributed by atoms with Crippen LogP contribution in [0.25, 0.3) is 0 Å². The Labute approximate surface area is 136 Å². The second-order valence-corrected chi connectivity index (χ2v) is 6.29. The van der Waals surface area contributed by atoms with Crippen LogP contribution in [0, 0.1) is 16.0 Å². The SMILES string of the molecule is CN1CC[C@H](CN(C)C(=O)CN(C)c2ccccc2[N+](=O)[O-])C1. The van der Waals surface area contributed by atoms with E-state index in [9.17, 15) is 14.9 Å². The van der Waals surface area contributed by atoms with Gasteiger partial charge in [0.05, 0.1) is 11.5 Å². The molecule has 1 amide bonds. The van der Waals surface area contributed by atoms with Crippen LogP contribution in [-0.4, -0.2) is 68.0 Å². The number of nitro groups is 1. The average Bonchev–Trinajstić information content (AvgIpc) is 2.92. The molecule has 0 radical (unpaired) electrons. The summed E-state index contributed by atoms with van der Waals surface area (Å²) >= 11 is 0. The van der Waals surface area contributed by atoms with Crippen LogP contribution in [0.4, 0.5) is 11.4 Å². The van der Waals surface area contributed by atoms with Gasteiger partial charge in [0.25, 0.3) is 5.69 Å². The Morgan fingerprint density at radius 2 is 2.09 bits per heavy atom. The molecule has 0 N–H and O–H groups in total. The van der Waals surface area contributed by atoms with E-state index < -0.39 is 4.92 Å². The number of nitro benzene ring substituents is 1. The maximum atomic E-state index is 12.4. The first kappa shape index (κ1) is 17.2. The first-order chi connectivity index (χ1) is 10.9. The van der Waals surface area contributed by atoms with Gasteiger partial charge in [-0.15, -0.1) is 0 Å². The first-order valence-electron chi connectivity index (χ1n) is 7.75. The quantitative estimate of drug-likeness (QED) is 0.586. The van der Waals surface area contributed by atoms with Gasteiger partial charge in [-0.3, -0.25) is 14.9 Å². The van der Waals surface area contributed by atoms with E-state index in [1.54, 1.807) is 42.1 Å². The van der Waals surface area contributed by atoms with Crippen LogP contribution in [0.2, 0.25) is 0 Å². The second-order valence-electron chi connectivity index (χ2n) is 6.29. The first-order valence-corrected chi connectivity index (χ1v) is 7.75. The molecule has 1 fully saturated rings. The fourth-order valence-electron chi connectivity index (χ4n) is 3.01. The number of anilines is 1. The lowest BCUT2D eigenvalue weighted by Gasteiger charge is -2.25. The number of amides is 1. The number of carbonyl (C=O) groups is 1. The molecule has 1 aliphatic rings. The fraction of sp³-hybridized carbons (Fsp3) is 0.562. The number of benzene rings is 1. The zero-order chi connectivity index (χ0) is 17.0. The summed E-state index contributed by atoms with van der Waals surface area (Å²) in [7, 11) is 5.59. The number of para-hydroxylation sites is 2. The second kappa shape index (κ2) is 7.41. The van der Waals surface area contributed by atoms with Gasteiger partial charge in [0, 0.05) is 33.3 Å². The third-order valence-corrected chi connectivity index (χ3v) is 4.31. The monoisotopic (exact) mass is 320 g/mol. The van der Waals surface area contributed by atoms with Gasteiger partial charge in [-0.2, -0.15) is 0 Å². The van der Waals surface area contributed by atoms with Crippen molar-refractivity contribution in [3.63, 3.8) is 0 Å². The van der Waals surface area contributed by atoms with Gasteiger partial charge in [-0.1, -0.05) is 12.1 Å². The Balaban J connectivity index is 1.95. The lowest BCUT2D eigenvalue weighted by atomic mass is 10.1. The molecular weight excluding hydrogens is 296 g/mol. The Kier molecular flexibility index (Phi) is 5.54. The summed E-state index contributed by atoms with van der Waals surface area (Å²) in [6.07, 6.45) is 1.11. The van der Waals surface area contributed by atoms with Crippen LogP contribution in [-0.2, 0) is 4.79 Å². The van der Waals surface area contributed by atoms with Crippen LogP contribution in [0.5, 0.6) is 0 Å². The van der Waals surface area contributed by atoms with Gasteiger partial charge in [-0.25, -0.2) is 0 Å². The Morgan fingerprint density at radius 1 is 1.39 bits per heavy atom. The topological polar surface area (TPSA) is 69.9 Å². The van der Waals surface area contributed by atoms with E-state index in [0.29, 0.717) is 11.6 Å². The summed E-state index contributed by atoms with van der Waals surface area (Å²) in [4.78, 5) is 28.7. The van der Waals surface area contributed by atoms with E-state index in [2.05, 4.69) is 11.9 Å². The summed E-state index contributed by atoms with van der Waals surface area (Å²) in [5, 5.41) is 11.1. The molecule has 0 saturated carbocycles. The van der Waals surface area contributed by atoms with Crippen molar-refractivity contribution in [3.8, 4) is 0 Å². The molecular formula is C16H24N4O3. The summed E-state index contributed by atoms with van der Waals surface area (Å²) in [6.45, 7) is 2.94. The molecule has 23 heavy (non-hydrogen) atoms. The molecule has 0 unspecified atom stereocenters. The average molecular weight is 320 g/mol. The Hall–Kier alpha value is -2.15. The highest BCUT2D eigenvalue weighted by Crippen LogP contribution is 2.26. The molecule has 0 bridgehead atoms. The third kappa shape index (κ3) is 4.41. The van der Waals surface area contributed by atoms with Crippen molar-refractivity contribution in [2.45, 2.75) is 6.42 Å². The molecule has 1 heterocycles.